The first kappa shape index (κ1) is 11.4. The Balaban J connectivity index is 3.14. The van der Waals surface area contributed by atoms with Gasteiger partial charge in [-0.15, -0.1) is 0 Å². The smallest absolute Gasteiger partial charge is 0.200 e. The number of aromatic hydroxyl groups is 1. The van der Waals surface area contributed by atoms with E-state index in [-0.39, 0.29) is 12.4 Å². The predicted molar refractivity (Wildman–Crippen MR) is 57.3 cm³/mol. The summed E-state index contributed by atoms with van der Waals surface area (Å²) in [7, 11) is 2.93. The van der Waals surface area contributed by atoms with Crippen molar-refractivity contribution in [1.82, 2.24) is 0 Å². The van der Waals surface area contributed by atoms with Crippen LogP contribution in [0.3, 0.4) is 0 Å². The first-order valence-corrected chi connectivity index (χ1v) is 4.45. The largest absolute Gasteiger partial charge is 0.502 e. The molecular weight excluding hydrogens is 196 g/mol. The summed E-state index contributed by atoms with van der Waals surface area (Å²) in [4.78, 5) is 0. The van der Waals surface area contributed by atoms with E-state index in [1.54, 1.807) is 24.3 Å². The van der Waals surface area contributed by atoms with Crippen molar-refractivity contribution < 1.29 is 19.7 Å². The third-order valence-corrected chi connectivity index (χ3v) is 1.92. The van der Waals surface area contributed by atoms with E-state index >= 15 is 0 Å². The number of rotatable bonds is 4. The number of phenols is 1. The van der Waals surface area contributed by atoms with E-state index in [4.69, 9.17) is 14.6 Å². The van der Waals surface area contributed by atoms with Gasteiger partial charge in [0.25, 0.3) is 0 Å². The number of aliphatic hydroxyl groups excluding tert-OH is 1. The molecule has 0 aliphatic rings. The third kappa shape index (κ3) is 2.63. The number of benzene rings is 1. The molecule has 0 fully saturated rings. The predicted octanol–water partition coefficient (Wildman–Crippen LogP) is 1.41. The molecule has 0 unspecified atom stereocenters. The van der Waals surface area contributed by atoms with E-state index in [2.05, 4.69) is 0 Å². The van der Waals surface area contributed by atoms with Gasteiger partial charge in [0, 0.05) is 0 Å². The molecule has 1 aromatic rings. The average Bonchev–Trinajstić information content (AvgIpc) is 2.27. The Morgan fingerprint density at radius 2 is 1.73 bits per heavy atom. The summed E-state index contributed by atoms with van der Waals surface area (Å²) in [5, 5.41) is 18.3. The van der Waals surface area contributed by atoms with E-state index < -0.39 is 0 Å². The quantitative estimate of drug-likeness (QED) is 0.789. The Morgan fingerprint density at radius 1 is 1.20 bits per heavy atom. The molecule has 1 aromatic carbocycles. The van der Waals surface area contributed by atoms with Crippen LogP contribution in [0.4, 0.5) is 0 Å². The third-order valence-electron chi connectivity index (χ3n) is 1.92. The summed E-state index contributed by atoms with van der Waals surface area (Å²) in [5.41, 5.74) is 0.788. The molecule has 4 heteroatoms. The van der Waals surface area contributed by atoms with Gasteiger partial charge in [-0.2, -0.15) is 0 Å². The second-order valence-electron chi connectivity index (χ2n) is 2.86. The lowest BCUT2D eigenvalue weighted by atomic mass is 10.1. The lowest BCUT2D eigenvalue weighted by Gasteiger charge is -2.09. The second kappa shape index (κ2) is 5.26. The molecule has 0 heterocycles. The van der Waals surface area contributed by atoms with Crippen LogP contribution in [0.2, 0.25) is 0 Å². The van der Waals surface area contributed by atoms with Gasteiger partial charge in [-0.05, 0) is 17.7 Å². The van der Waals surface area contributed by atoms with Crippen molar-refractivity contribution in [2.75, 3.05) is 20.8 Å². The fourth-order valence-electron chi connectivity index (χ4n) is 1.20. The topological polar surface area (TPSA) is 58.9 Å². The van der Waals surface area contributed by atoms with E-state index in [1.165, 1.54) is 14.2 Å². The van der Waals surface area contributed by atoms with Gasteiger partial charge in [-0.1, -0.05) is 12.2 Å². The summed E-state index contributed by atoms with van der Waals surface area (Å²) < 4.78 is 9.96. The molecular formula is C11H14O4. The fraction of sp³-hybridized carbons (Fsp3) is 0.273. The van der Waals surface area contributed by atoms with Gasteiger partial charge >= 0.3 is 0 Å². The van der Waals surface area contributed by atoms with Crippen molar-refractivity contribution in [2.24, 2.45) is 0 Å². The molecule has 0 amide bonds. The van der Waals surface area contributed by atoms with Crippen molar-refractivity contribution in [3.8, 4) is 17.2 Å². The van der Waals surface area contributed by atoms with Gasteiger partial charge in [0.05, 0.1) is 20.8 Å². The van der Waals surface area contributed by atoms with E-state index in [0.717, 1.165) is 5.56 Å². The zero-order chi connectivity index (χ0) is 11.3. The number of methoxy groups -OCH3 is 2. The molecule has 0 atom stereocenters. The Morgan fingerprint density at radius 3 is 2.13 bits per heavy atom. The molecule has 0 saturated carbocycles. The number of aliphatic hydroxyl groups is 1. The number of ether oxygens (including phenoxy) is 2. The molecule has 15 heavy (non-hydrogen) atoms. The molecule has 1 rings (SSSR count). The minimum atomic E-state index is -0.0362. The standard InChI is InChI=1S/C11H14O4/c1-14-9-6-8(4-3-5-12)7-10(15-2)11(9)13/h3-4,6-7,12-13H,5H2,1-2H3/b4-3-. The number of hydrogen-bond acceptors (Lipinski definition) is 4. The van der Waals surface area contributed by atoms with Crippen LogP contribution in [0.15, 0.2) is 18.2 Å². The first-order chi connectivity index (χ1) is 7.22. The van der Waals surface area contributed by atoms with Crippen LogP contribution >= 0.6 is 0 Å². The summed E-state index contributed by atoms with van der Waals surface area (Å²) >= 11 is 0. The van der Waals surface area contributed by atoms with Crippen LogP contribution in [-0.2, 0) is 0 Å². The molecule has 4 nitrogen and oxygen atoms in total. The molecule has 0 spiro atoms. The molecule has 2 N–H and O–H groups in total. The molecule has 82 valence electrons. The van der Waals surface area contributed by atoms with Crippen LogP contribution in [0.1, 0.15) is 5.56 Å². The van der Waals surface area contributed by atoms with Gasteiger partial charge in [-0.3, -0.25) is 0 Å². The monoisotopic (exact) mass is 210 g/mol. The summed E-state index contributed by atoms with van der Waals surface area (Å²) in [6.45, 7) is -0.0362. The highest BCUT2D eigenvalue weighted by atomic mass is 16.5. The molecule has 0 bridgehead atoms. The zero-order valence-electron chi connectivity index (χ0n) is 8.73. The van der Waals surface area contributed by atoms with Gasteiger partial charge < -0.3 is 19.7 Å². The minimum Gasteiger partial charge on any atom is -0.502 e. The fourth-order valence-corrected chi connectivity index (χ4v) is 1.20. The van der Waals surface area contributed by atoms with Crippen molar-refractivity contribution in [2.45, 2.75) is 0 Å². The van der Waals surface area contributed by atoms with E-state index in [1.807, 2.05) is 0 Å². The number of phenolic OH excluding ortho intramolecular Hbond substituents is 1. The van der Waals surface area contributed by atoms with Gasteiger partial charge in [0.15, 0.2) is 11.5 Å². The maximum Gasteiger partial charge on any atom is 0.200 e. The van der Waals surface area contributed by atoms with Crippen molar-refractivity contribution in [1.29, 1.82) is 0 Å². The summed E-state index contributed by atoms with van der Waals surface area (Å²) in [6.07, 6.45) is 3.30. The van der Waals surface area contributed by atoms with Gasteiger partial charge in [0.2, 0.25) is 5.75 Å². The van der Waals surface area contributed by atoms with Crippen LogP contribution in [0, 0.1) is 0 Å². The number of hydrogen-bond donors (Lipinski definition) is 2. The van der Waals surface area contributed by atoms with Crippen LogP contribution < -0.4 is 9.47 Å². The maximum absolute atomic E-state index is 9.62. The van der Waals surface area contributed by atoms with Crippen LogP contribution in [0.25, 0.3) is 6.08 Å². The van der Waals surface area contributed by atoms with Crippen molar-refractivity contribution in [3.63, 3.8) is 0 Å². The van der Waals surface area contributed by atoms with E-state index in [0.29, 0.717) is 11.5 Å². The lowest BCUT2D eigenvalue weighted by Crippen LogP contribution is -1.90. The Labute approximate surface area is 88.4 Å². The van der Waals surface area contributed by atoms with Crippen molar-refractivity contribution >= 4 is 6.08 Å². The molecule has 0 aromatic heterocycles. The second-order valence-corrected chi connectivity index (χ2v) is 2.86. The zero-order valence-corrected chi connectivity index (χ0v) is 8.73. The minimum absolute atomic E-state index is 0.0267. The molecule has 0 saturated heterocycles. The molecule has 0 aliphatic carbocycles. The highest BCUT2D eigenvalue weighted by molar-refractivity contribution is 5.61. The summed E-state index contributed by atoms with van der Waals surface area (Å²) in [6, 6.07) is 3.31. The summed E-state index contributed by atoms with van der Waals surface area (Å²) in [5.74, 6) is 0.653. The van der Waals surface area contributed by atoms with Gasteiger partial charge in [0.1, 0.15) is 0 Å². The lowest BCUT2D eigenvalue weighted by molar-refractivity contribution is 0.339. The van der Waals surface area contributed by atoms with Crippen molar-refractivity contribution in [3.05, 3.63) is 23.8 Å². The highest BCUT2D eigenvalue weighted by Crippen LogP contribution is 2.37. The Hall–Kier alpha value is -1.68. The maximum atomic E-state index is 9.62. The molecule has 0 radical (unpaired) electrons. The normalized spacial score (nSPS) is 10.6. The SMILES string of the molecule is COc1cc(/C=C\CO)cc(OC)c1O. The van der Waals surface area contributed by atoms with Crippen LogP contribution in [0.5, 0.6) is 17.2 Å². The van der Waals surface area contributed by atoms with E-state index in [9.17, 15) is 5.11 Å². The highest BCUT2D eigenvalue weighted by Gasteiger charge is 2.09. The Bertz CT molecular complexity index is 333. The van der Waals surface area contributed by atoms with Crippen LogP contribution in [-0.4, -0.2) is 31.0 Å². The van der Waals surface area contributed by atoms with Gasteiger partial charge in [-0.25, -0.2) is 0 Å². The Kier molecular flexibility index (Phi) is 4.00. The first-order valence-electron chi connectivity index (χ1n) is 4.45. The average molecular weight is 210 g/mol. The molecule has 0 aliphatic heterocycles.